The van der Waals surface area contributed by atoms with E-state index in [0.717, 1.165) is 38.3 Å². The quantitative estimate of drug-likeness (QED) is 0.744. The van der Waals surface area contributed by atoms with E-state index in [4.69, 9.17) is 14.2 Å². The summed E-state index contributed by atoms with van der Waals surface area (Å²) in [5.74, 6) is 1.71. The predicted octanol–water partition coefficient (Wildman–Crippen LogP) is 1.89. The molecule has 0 atom stereocenters. The van der Waals surface area contributed by atoms with Crippen molar-refractivity contribution in [3.05, 3.63) is 23.8 Å². The van der Waals surface area contributed by atoms with E-state index in [9.17, 15) is 4.79 Å². The molecule has 1 aromatic carbocycles. The molecule has 0 unspecified atom stereocenters. The summed E-state index contributed by atoms with van der Waals surface area (Å²) in [4.78, 5) is 16.5. The first kappa shape index (κ1) is 18.1. The standard InChI is InChI=1S/C18H26N2O4/c1-5-19-8-10-20(11-9-19)17(21)7-6-14-12-15(22-2)18(24-4)16(13-14)23-3/h6-7,12-13H,5,8-11H2,1-4H3. The molecule has 1 fully saturated rings. The number of rotatable bonds is 6. The minimum atomic E-state index is 0.0273. The van der Waals surface area contributed by atoms with Crippen molar-refractivity contribution >= 4 is 12.0 Å². The molecule has 132 valence electrons. The van der Waals surface area contributed by atoms with E-state index in [2.05, 4.69) is 11.8 Å². The number of benzene rings is 1. The van der Waals surface area contributed by atoms with Crippen LogP contribution in [0.4, 0.5) is 0 Å². The molecule has 0 radical (unpaired) electrons. The van der Waals surface area contributed by atoms with E-state index in [-0.39, 0.29) is 5.91 Å². The number of carbonyl (C=O) groups is 1. The number of ether oxygens (including phenoxy) is 3. The Labute approximate surface area is 143 Å². The highest BCUT2D eigenvalue weighted by Gasteiger charge is 2.18. The normalized spacial score (nSPS) is 15.6. The zero-order valence-electron chi connectivity index (χ0n) is 14.9. The average Bonchev–Trinajstić information content (AvgIpc) is 2.65. The molecule has 0 spiro atoms. The molecule has 0 saturated carbocycles. The number of piperazine rings is 1. The Hall–Kier alpha value is -2.21. The average molecular weight is 334 g/mol. The Morgan fingerprint density at radius 2 is 1.62 bits per heavy atom. The second kappa shape index (κ2) is 8.59. The molecule has 1 amide bonds. The van der Waals surface area contributed by atoms with E-state index in [0.29, 0.717) is 17.2 Å². The van der Waals surface area contributed by atoms with Crippen LogP contribution in [0.25, 0.3) is 6.08 Å². The van der Waals surface area contributed by atoms with Crippen molar-refractivity contribution in [3.63, 3.8) is 0 Å². The van der Waals surface area contributed by atoms with Crippen LogP contribution < -0.4 is 14.2 Å². The number of methoxy groups -OCH3 is 3. The molecule has 2 rings (SSSR count). The fourth-order valence-electron chi connectivity index (χ4n) is 2.76. The maximum Gasteiger partial charge on any atom is 0.246 e. The first-order valence-corrected chi connectivity index (χ1v) is 8.12. The van der Waals surface area contributed by atoms with Gasteiger partial charge in [0.1, 0.15) is 0 Å². The van der Waals surface area contributed by atoms with Gasteiger partial charge in [0, 0.05) is 32.3 Å². The predicted molar refractivity (Wildman–Crippen MR) is 93.8 cm³/mol. The monoisotopic (exact) mass is 334 g/mol. The summed E-state index contributed by atoms with van der Waals surface area (Å²) in [5, 5.41) is 0. The van der Waals surface area contributed by atoms with Crippen molar-refractivity contribution in [2.24, 2.45) is 0 Å². The van der Waals surface area contributed by atoms with Crippen LogP contribution in [-0.2, 0) is 4.79 Å². The second-order valence-corrected chi connectivity index (χ2v) is 5.55. The van der Waals surface area contributed by atoms with Crippen molar-refractivity contribution in [1.29, 1.82) is 0 Å². The highest BCUT2D eigenvalue weighted by molar-refractivity contribution is 5.92. The first-order chi connectivity index (χ1) is 11.6. The summed E-state index contributed by atoms with van der Waals surface area (Å²) >= 11 is 0. The maximum atomic E-state index is 12.3. The van der Waals surface area contributed by atoms with Crippen LogP contribution in [0.2, 0.25) is 0 Å². The van der Waals surface area contributed by atoms with Crippen molar-refractivity contribution < 1.29 is 19.0 Å². The number of hydrogen-bond acceptors (Lipinski definition) is 5. The van der Waals surface area contributed by atoms with E-state index in [1.54, 1.807) is 33.5 Å². The fourth-order valence-corrected chi connectivity index (χ4v) is 2.76. The Morgan fingerprint density at radius 1 is 1.04 bits per heavy atom. The third kappa shape index (κ3) is 4.20. The van der Waals surface area contributed by atoms with Crippen LogP contribution in [0.5, 0.6) is 17.2 Å². The third-order valence-corrected chi connectivity index (χ3v) is 4.24. The molecule has 1 heterocycles. The summed E-state index contributed by atoms with van der Waals surface area (Å²) in [7, 11) is 4.71. The maximum absolute atomic E-state index is 12.3. The number of nitrogens with zero attached hydrogens (tertiary/aromatic N) is 2. The minimum Gasteiger partial charge on any atom is -0.493 e. The molecule has 1 aliphatic rings. The van der Waals surface area contributed by atoms with Crippen LogP contribution >= 0.6 is 0 Å². The molecule has 1 aliphatic heterocycles. The number of likely N-dealkylation sites (N-methyl/N-ethyl adjacent to an activating group) is 1. The van der Waals surface area contributed by atoms with Crippen molar-refractivity contribution in [2.75, 3.05) is 54.1 Å². The summed E-state index contributed by atoms with van der Waals surface area (Å²) < 4.78 is 16.0. The molecule has 0 N–H and O–H groups in total. The Bertz CT molecular complexity index is 568. The SMILES string of the molecule is CCN1CCN(C(=O)C=Cc2cc(OC)c(OC)c(OC)c2)CC1. The van der Waals surface area contributed by atoms with Crippen LogP contribution in [0.15, 0.2) is 18.2 Å². The zero-order chi connectivity index (χ0) is 17.5. The molecule has 1 aromatic rings. The summed E-state index contributed by atoms with van der Waals surface area (Å²) in [6, 6.07) is 3.64. The van der Waals surface area contributed by atoms with Gasteiger partial charge in [-0.05, 0) is 30.3 Å². The summed E-state index contributed by atoms with van der Waals surface area (Å²) in [6.07, 6.45) is 3.38. The van der Waals surface area contributed by atoms with E-state index >= 15 is 0 Å². The molecule has 0 bridgehead atoms. The first-order valence-electron chi connectivity index (χ1n) is 8.12. The summed E-state index contributed by atoms with van der Waals surface area (Å²) in [5.41, 5.74) is 0.824. The summed E-state index contributed by atoms with van der Waals surface area (Å²) in [6.45, 7) is 6.57. The Balaban J connectivity index is 2.09. The zero-order valence-corrected chi connectivity index (χ0v) is 14.9. The minimum absolute atomic E-state index is 0.0273. The highest BCUT2D eigenvalue weighted by atomic mass is 16.5. The van der Waals surface area contributed by atoms with Gasteiger partial charge in [0.25, 0.3) is 0 Å². The lowest BCUT2D eigenvalue weighted by Gasteiger charge is -2.33. The van der Waals surface area contributed by atoms with Gasteiger partial charge in [0.05, 0.1) is 21.3 Å². The van der Waals surface area contributed by atoms with Gasteiger partial charge < -0.3 is 24.0 Å². The van der Waals surface area contributed by atoms with E-state index < -0.39 is 0 Å². The lowest BCUT2D eigenvalue weighted by atomic mass is 10.1. The van der Waals surface area contributed by atoms with Gasteiger partial charge in [0.15, 0.2) is 11.5 Å². The molecule has 0 aromatic heterocycles. The molecule has 24 heavy (non-hydrogen) atoms. The van der Waals surface area contributed by atoms with E-state index in [1.165, 1.54) is 0 Å². The largest absolute Gasteiger partial charge is 0.493 e. The number of hydrogen-bond donors (Lipinski definition) is 0. The van der Waals surface area contributed by atoms with Crippen LogP contribution in [0.3, 0.4) is 0 Å². The second-order valence-electron chi connectivity index (χ2n) is 5.55. The van der Waals surface area contributed by atoms with Gasteiger partial charge in [-0.3, -0.25) is 4.79 Å². The van der Waals surface area contributed by atoms with E-state index in [1.807, 2.05) is 17.0 Å². The van der Waals surface area contributed by atoms with Gasteiger partial charge in [-0.2, -0.15) is 0 Å². The van der Waals surface area contributed by atoms with Crippen molar-refractivity contribution in [3.8, 4) is 17.2 Å². The molecule has 6 heteroatoms. The van der Waals surface area contributed by atoms with Gasteiger partial charge in [-0.15, -0.1) is 0 Å². The lowest BCUT2D eigenvalue weighted by Crippen LogP contribution is -2.48. The molecule has 6 nitrogen and oxygen atoms in total. The molecular weight excluding hydrogens is 308 g/mol. The van der Waals surface area contributed by atoms with Crippen LogP contribution in [0, 0.1) is 0 Å². The van der Waals surface area contributed by atoms with Gasteiger partial charge in [-0.1, -0.05) is 6.92 Å². The topological polar surface area (TPSA) is 51.2 Å². The van der Waals surface area contributed by atoms with Crippen molar-refractivity contribution in [1.82, 2.24) is 9.80 Å². The number of carbonyl (C=O) groups excluding carboxylic acids is 1. The Kier molecular flexibility index (Phi) is 6.49. The van der Waals surface area contributed by atoms with Crippen LogP contribution in [-0.4, -0.2) is 69.8 Å². The van der Waals surface area contributed by atoms with Gasteiger partial charge in [-0.25, -0.2) is 0 Å². The molecule has 1 saturated heterocycles. The number of amides is 1. The fraction of sp³-hybridized carbons (Fsp3) is 0.500. The lowest BCUT2D eigenvalue weighted by molar-refractivity contribution is -0.127. The van der Waals surface area contributed by atoms with Gasteiger partial charge in [0.2, 0.25) is 11.7 Å². The van der Waals surface area contributed by atoms with Crippen molar-refractivity contribution in [2.45, 2.75) is 6.92 Å². The molecule has 0 aliphatic carbocycles. The third-order valence-electron chi connectivity index (χ3n) is 4.24. The molecular formula is C18H26N2O4. The van der Waals surface area contributed by atoms with Crippen LogP contribution in [0.1, 0.15) is 12.5 Å². The smallest absolute Gasteiger partial charge is 0.246 e. The van der Waals surface area contributed by atoms with Gasteiger partial charge >= 0.3 is 0 Å². The highest BCUT2D eigenvalue weighted by Crippen LogP contribution is 2.38. The Morgan fingerprint density at radius 3 is 2.08 bits per heavy atom.